The molecule has 1 aliphatic heterocycles. The Balaban J connectivity index is 2.05. The summed E-state index contributed by atoms with van der Waals surface area (Å²) < 4.78 is 0. The molecule has 2 rings (SSSR count). The second-order valence-electron chi connectivity index (χ2n) is 5.70. The van der Waals surface area contributed by atoms with Crippen molar-refractivity contribution in [2.24, 2.45) is 0 Å². The number of amides is 1. The molecule has 5 nitrogen and oxygen atoms in total. The number of likely N-dealkylation sites (tertiary alicyclic amines) is 1. The lowest BCUT2D eigenvalue weighted by Gasteiger charge is -2.36. The van der Waals surface area contributed by atoms with Crippen molar-refractivity contribution in [1.29, 1.82) is 0 Å². The van der Waals surface area contributed by atoms with Gasteiger partial charge in [0.2, 0.25) is 5.91 Å². The number of likely N-dealkylation sites (N-methyl/N-ethyl adjacent to an activating group) is 2. The van der Waals surface area contributed by atoms with Gasteiger partial charge in [-0.05, 0) is 38.1 Å². The van der Waals surface area contributed by atoms with Crippen LogP contribution >= 0.6 is 0 Å². The van der Waals surface area contributed by atoms with Gasteiger partial charge in [0.05, 0.1) is 12.0 Å². The van der Waals surface area contributed by atoms with Crippen LogP contribution in [0.5, 0.6) is 0 Å². The smallest absolute Gasteiger partial charge is 0.335 e. The first-order chi connectivity index (χ1) is 9.99. The second-order valence-corrected chi connectivity index (χ2v) is 5.70. The Morgan fingerprint density at radius 3 is 2.76 bits per heavy atom. The Bertz CT molecular complexity index is 530. The molecule has 1 fully saturated rings. The minimum absolute atomic E-state index is 0.0241. The predicted molar refractivity (Wildman–Crippen MR) is 80.4 cm³/mol. The van der Waals surface area contributed by atoms with E-state index in [-0.39, 0.29) is 23.9 Å². The van der Waals surface area contributed by atoms with Gasteiger partial charge in [0.25, 0.3) is 0 Å². The molecule has 0 saturated carbocycles. The maximum absolute atomic E-state index is 12.4. The fourth-order valence-corrected chi connectivity index (χ4v) is 2.83. The van der Waals surface area contributed by atoms with Gasteiger partial charge in [-0.3, -0.25) is 4.79 Å². The van der Waals surface area contributed by atoms with Crippen LogP contribution in [-0.2, 0) is 11.2 Å². The van der Waals surface area contributed by atoms with Crippen LogP contribution in [0, 0.1) is 0 Å². The second kappa shape index (κ2) is 6.72. The fraction of sp³-hybridized carbons (Fsp3) is 0.500. The van der Waals surface area contributed by atoms with Crippen LogP contribution in [0.25, 0.3) is 0 Å². The summed E-state index contributed by atoms with van der Waals surface area (Å²) in [6.07, 6.45) is 2.23. The molecular weight excluding hydrogens is 268 g/mol. The maximum Gasteiger partial charge on any atom is 0.335 e. The summed E-state index contributed by atoms with van der Waals surface area (Å²) in [5.41, 5.74) is 0.783. The molecule has 1 aliphatic rings. The quantitative estimate of drug-likeness (QED) is 0.912. The number of hydrogen-bond acceptors (Lipinski definition) is 3. The minimum atomic E-state index is -0.988. The number of carbonyl (C=O) groups is 2. The highest BCUT2D eigenvalue weighted by atomic mass is 16.4. The van der Waals surface area contributed by atoms with Crippen LogP contribution in [0.1, 0.15) is 28.8 Å². The molecule has 1 heterocycles. The molecule has 1 aromatic rings. The van der Waals surface area contributed by atoms with E-state index >= 15 is 0 Å². The molecule has 5 heteroatoms. The van der Waals surface area contributed by atoms with Gasteiger partial charge in [0.15, 0.2) is 0 Å². The monoisotopic (exact) mass is 290 g/mol. The van der Waals surface area contributed by atoms with Crippen molar-refractivity contribution < 1.29 is 14.7 Å². The Labute approximate surface area is 125 Å². The van der Waals surface area contributed by atoms with E-state index in [0.717, 1.165) is 25.9 Å². The maximum atomic E-state index is 12.4. The van der Waals surface area contributed by atoms with E-state index in [1.54, 1.807) is 29.2 Å². The number of rotatable bonds is 4. The van der Waals surface area contributed by atoms with E-state index in [1.807, 2.05) is 7.05 Å². The molecular formula is C16H22N2O3. The van der Waals surface area contributed by atoms with Gasteiger partial charge in [-0.15, -0.1) is 0 Å². The first-order valence-electron chi connectivity index (χ1n) is 7.24. The zero-order chi connectivity index (χ0) is 15.4. The lowest BCUT2D eigenvalue weighted by Crippen LogP contribution is -2.47. The number of benzene rings is 1. The van der Waals surface area contributed by atoms with Gasteiger partial charge >= 0.3 is 5.97 Å². The van der Waals surface area contributed by atoms with Gasteiger partial charge in [-0.1, -0.05) is 18.2 Å². The van der Waals surface area contributed by atoms with E-state index < -0.39 is 5.97 Å². The average molecular weight is 290 g/mol. The van der Waals surface area contributed by atoms with Gasteiger partial charge in [0.1, 0.15) is 0 Å². The van der Waals surface area contributed by atoms with E-state index in [1.165, 1.54) is 0 Å². The number of piperidine rings is 1. The Morgan fingerprint density at radius 1 is 1.38 bits per heavy atom. The summed E-state index contributed by atoms with van der Waals surface area (Å²) in [5, 5.41) is 9.17. The summed E-state index contributed by atoms with van der Waals surface area (Å²) in [5.74, 6) is -1.01. The highest BCUT2D eigenvalue weighted by Gasteiger charge is 2.25. The fourth-order valence-electron chi connectivity index (χ4n) is 2.83. The first kappa shape index (κ1) is 15.5. The molecule has 1 unspecified atom stereocenters. The van der Waals surface area contributed by atoms with Crippen LogP contribution in [0.15, 0.2) is 24.3 Å². The van der Waals surface area contributed by atoms with Crippen molar-refractivity contribution in [2.75, 3.05) is 27.2 Å². The molecule has 0 spiro atoms. The average Bonchev–Trinajstić information content (AvgIpc) is 2.46. The number of aromatic carboxylic acids is 1. The highest BCUT2D eigenvalue weighted by molar-refractivity contribution is 5.91. The van der Waals surface area contributed by atoms with E-state index in [9.17, 15) is 9.59 Å². The van der Waals surface area contributed by atoms with Crippen molar-refractivity contribution in [3.05, 3.63) is 35.4 Å². The van der Waals surface area contributed by atoms with Crippen molar-refractivity contribution >= 4 is 11.9 Å². The molecule has 1 atom stereocenters. The molecule has 1 amide bonds. The van der Waals surface area contributed by atoms with Crippen LogP contribution in [0.3, 0.4) is 0 Å². The van der Waals surface area contributed by atoms with E-state index in [2.05, 4.69) is 11.9 Å². The lowest BCUT2D eigenvalue weighted by atomic mass is 10.0. The molecule has 114 valence electrons. The number of carboxylic acids is 1. The van der Waals surface area contributed by atoms with Gasteiger partial charge in [0, 0.05) is 19.6 Å². The summed E-state index contributed by atoms with van der Waals surface area (Å²) in [4.78, 5) is 27.6. The molecule has 0 radical (unpaired) electrons. The number of carbonyl (C=O) groups excluding carboxylic acids is 1. The van der Waals surface area contributed by atoms with Gasteiger partial charge in [-0.2, -0.15) is 0 Å². The van der Waals surface area contributed by atoms with Crippen LogP contribution < -0.4 is 0 Å². The van der Waals surface area contributed by atoms with E-state index in [4.69, 9.17) is 5.11 Å². The predicted octanol–water partition coefficient (Wildman–Crippen LogP) is 1.48. The van der Waals surface area contributed by atoms with Crippen LogP contribution in [0.2, 0.25) is 0 Å². The van der Waals surface area contributed by atoms with E-state index in [0.29, 0.717) is 5.56 Å². The zero-order valence-corrected chi connectivity index (χ0v) is 12.6. The summed E-state index contributed by atoms with van der Waals surface area (Å²) in [6.45, 7) is 1.95. The first-order valence-corrected chi connectivity index (χ1v) is 7.24. The molecule has 0 aromatic heterocycles. The van der Waals surface area contributed by atoms with Crippen LogP contribution in [0.4, 0.5) is 0 Å². The largest absolute Gasteiger partial charge is 0.478 e. The SMILES string of the molecule is CN1CCCC(N(C)C(=O)Cc2ccccc2C(=O)O)C1. The Hall–Kier alpha value is -1.88. The highest BCUT2D eigenvalue weighted by Crippen LogP contribution is 2.16. The third kappa shape index (κ3) is 3.82. The molecule has 0 bridgehead atoms. The standard InChI is InChI=1S/C16H22N2O3/c1-17-9-5-7-13(11-17)18(2)15(19)10-12-6-3-4-8-14(12)16(20)21/h3-4,6,8,13H,5,7,9-11H2,1-2H3,(H,20,21). The Kier molecular flexibility index (Phi) is 4.96. The lowest BCUT2D eigenvalue weighted by molar-refractivity contribution is -0.132. The normalized spacial score (nSPS) is 19.2. The molecule has 1 aromatic carbocycles. The third-order valence-corrected chi connectivity index (χ3v) is 4.13. The van der Waals surface area contributed by atoms with Crippen LogP contribution in [-0.4, -0.2) is 60.0 Å². The third-order valence-electron chi connectivity index (χ3n) is 4.13. The summed E-state index contributed by atoms with van der Waals surface area (Å²) in [6, 6.07) is 6.91. The number of nitrogens with zero attached hydrogens (tertiary/aromatic N) is 2. The number of carboxylic acid groups (broad SMARTS) is 1. The number of hydrogen-bond donors (Lipinski definition) is 1. The van der Waals surface area contributed by atoms with Gasteiger partial charge < -0.3 is 14.9 Å². The Morgan fingerprint density at radius 2 is 2.10 bits per heavy atom. The molecule has 1 N–H and O–H groups in total. The molecule has 1 saturated heterocycles. The van der Waals surface area contributed by atoms with Crippen molar-refractivity contribution in [2.45, 2.75) is 25.3 Å². The zero-order valence-electron chi connectivity index (χ0n) is 12.6. The van der Waals surface area contributed by atoms with Crippen molar-refractivity contribution in [3.8, 4) is 0 Å². The van der Waals surface area contributed by atoms with Crippen molar-refractivity contribution in [1.82, 2.24) is 9.80 Å². The topological polar surface area (TPSA) is 60.9 Å². The van der Waals surface area contributed by atoms with Gasteiger partial charge in [-0.25, -0.2) is 4.79 Å². The summed E-state index contributed by atoms with van der Waals surface area (Å²) >= 11 is 0. The minimum Gasteiger partial charge on any atom is -0.478 e. The molecule has 0 aliphatic carbocycles. The van der Waals surface area contributed by atoms with Crippen molar-refractivity contribution in [3.63, 3.8) is 0 Å². The summed E-state index contributed by atoms with van der Waals surface area (Å²) in [7, 11) is 3.87. The molecule has 21 heavy (non-hydrogen) atoms.